The average molecular weight is 283 g/mol. The van der Waals surface area contributed by atoms with E-state index in [0.717, 1.165) is 12.1 Å². The molecular formula is C11H5ClF2N4O. The summed E-state index contributed by atoms with van der Waals surface area (Å²) < 4.78 is 31.2. The molecule has 1 aromatic carbocycles. The number of ether oxygens (including phenoxy) is 1. The van der Waals surface area contributed by atoms with Crippen LogP contribution in [0.15, 0.2) is 24.5 Å². The van der Waals surface area contributed by atoms with Gasteiger partial charge < -0.3 is 9.72 Å². The van der Waals surface area contributed by atoms with Crippen molar-refractivity contribution in [1.82, 2.24) is 19.9 Å². The molecule has 0 radical (unpaired) electrons. The van der Waals surface area contributed by atoms with Gasteiger partial charge in [-0.2, -0.15) is 9.97 Å². The third kappa shape index (κ3) is 2.19. The molecule has 0 fully saturated rings. The van der Waals surface area contributed by atoms with E-state index in [-0.39, 0.29) is 16.9 Å². The summed E-state index contributed by atoms with van der Waals surface area (Å²) in [7, 11) is 0. The van der Waals surface area contributed by atoms with Gasteiger partial charge in [0.15, 0.2) is 17.3 Å². The van der Waals surface area contributed by atoms with Gasteiger partial charge in [-0.15, -0.1) is 0 Å². The third-order valence-corrected chi connectivity index (χ3v) is 2.50. The van der Waals surface area contributed by atoms with Gasteiger partial charge in [-0.1, -0.05) is 0 Å². The highest BCUT2D eigenvalue weighted by Gasteiger charge is 2.12. The van der Waals surface area contributed by atoms with E-state index in [4.69, 9.17) is 16.3 Å². The first-order valence-electron chi connectivity index (χ1n) is 5.13. The predicted molar refractivity (Wildman–Crippen MR) is 63.1 cm³/mol. The molecule has 0 aliphatic heterocycles. The van der Waals surface area contributed by atoms with Crippen molar-refractivity contribution in [2.45, 2.75) is 0 Å². The van der Waals surface area contributed by atoms with Crippen LogP contribution in [0.1, 0.15) is 0 Å². The van der Waals surface area contributed by atoms with E-state index in [1.807, 2.05) is 0 Å². The highest BCUT2D eigenvalue weighted by Crippen LogP contribution is 2.27. The maximum atomic E-state index is 13.1. The molecule has 96 valence electrons. The van der Waals surface area contributed by atoms with Crippen molar-refractivity contribution >= 4 is 22.8 Å². The van der Waals surface area contributed by atoms with Gasteiger partial charge in [0, 0.05) is 6.07 Å². The number of benzene rings is 1. The number of nitrogens with zero attached hydrogens (tertiary/aromatic N) is 3. The van der Waals surface area contributed by atoms with E-state index >= 15 is 0 Å². The summed E-state index contributed by atoms with van der Waals surface area (Å²) in [5.41, 5.74) is 0.728. The number of fused-ring (bicyclic) bond motifs is 1. The Morgan fingerprint density at radius 3 is 2.79 bits per heavy atom. The summed E-state index contributed by atoms with van der Waals surface area (Å²) >= 11 is 5.71. The fourth-order valence-corrected chi connectivity index (χ4v) is 1.66. The number of hydrogen-bond donors (Lipinski definition) is 1. The van der Waals surface area contributed by atoms with Crippen molar-refractivity contribution in [2.75, 3.05) is 0 Å². The molecule has 0 saturated heterocycles. The largest absolute Gasteiger partial charge is 0.437 e. The van der Waals surface area contributed by atoms with Crippen LogP contribution in [0.5, 0.6) is 11.6 Å². The van der Waals surface area contributed by atoms with Crippen LogP contribution >= 0.6 is 11.6 Å². The minimum absolute atomic E-state index is 0.0582. The van der Waals surface area contributed by atoms with Gasteiger partial charge in [-0.3, -0.25) is 0 Å². The number of imidazole rings is 1. The Morgan fingerprint density at radius 1 is 1.16 bits per heavy atom. The maximum Gasteiger partial charge on any atom is 0.250 e. The molecule has 0 bridgehead atoms. The normalized spacial score (nSPS) is 10.9. The van der Waals surface area contributed by atoms with Crippen molar-refractivity contribution in [3.05, 3.63) is 41.4 Å². The number of aromatic nitrogens is 4. The highest BCUT2D eigenvalue weighted by molar-refractivity contribution is 6.28. The first kappa shape index (κ1) is 11.8. The van der Waals surface area contributed by atoms with Gasteiger partial charge in [0.25, 0.3) is 0 Å². The van der Waals surface area contributed by atoms with Crippen LogP contribution < -0.4 is 4.74 Å². The molecule has 0 saturated carbocycles. The molecule has 0 amide bonds. The van der Waals surface area contributed by atoms with Crippen molar-refractivity contribution in [1.29, 1.82) is 0 Å². The Balaban J connectivity index is 2.04. The Labute approximate surface area is 110 Å². The van der Waals surface area contributed by atoms with Gasteiger partial charge in [0.2, 0.25) is 11.2 Å². The van der Waals surface area contributed by atoms with Crippen LogP contribution in [0.3, 0.4) is 0 Å². The Hall–Kier alpha value is -2.28. The summed E-state index contributed by atoms with van der Waals surface area (Å²) in [6.07, 6.45) is 1.40. The fourth-order valence-electron chi connectivity index (χ4n) is 1.51. The van der Waals surface area contributed by atoms with Crippen LogP contribution in [0.25, 0.3) is 11.2 Å². The molecule has 0 unspecified atom stereocenters. The zero-order chi connectivity index (χ0) is 13.4. The van der Waals surface area contributed by atoms with Crippen LogP contribution in [-0.4, -0.2) is 19.9 Å². The topological polar surface area (TPSA) is 63.7 Å². The van der Waals surface area contributed by atoms with Crippen molar-refractivity contribution in [3.8, 4) is 11.6 Å². The molecule has 3 rings (SSSR count). The van der Waals surface area contributed by atoms with E-state index in [1.165, 1.54) is 12.4 Å². The fraction of sp³-hybridized carbons (Fsp3) is 0. The van der Waals surface area contributed by atoms with Gasteiger partial charge in [0.05, 0.1) is 6.33 Å². The van der Waals surface area contributed by atoms with E-state index in [2.05, 4.69) is 19.9 Å². The quantitative estimate of drug-likeness (QED) is 0.734. The lowest BCUT2D eigenvalue weighted by molar-refractivity contribution is 0.451. The minimum atomic E-state index is -1.02. The molecule has 1 N–H and O–H groups in total. The minimum Gasteiger partial charge on any atom is -0.437 e. The standard InChI is InChI=1S/C11H5ClF2N4O/c12-11-17-9-8(15-4-16-9)10(18-11)19-5-1-2-6(13)7(14)3-5/h1-4H,(H,15,16,17,18). The lowest BCUT2D eigenvalue weighted by atomic mass is 10.3. The first-order chi connectivity index (χ1) is 9.13. The van der Waals surface area contributed by atoms with Crippen LogP contribution in [0.4, 0.5) is 8.78 Å². The van der Waals surface area contributed by atoms with Crippen LogP contribution in [0.2, 0.25) is 5.28 Å². The van der Waals surface area contributed by atoms with Crippen molar-refractivity contribution < 1.29 is 13.5 Å². The predicted octanol–water partition coefficient (Wildman–Crippen LogP) is 3.08. The van der Waals surface area contributed by atoms with Gasteiger partial charge in [-0.05, 0) is 23.7 Å². The molecule has 2 heterocycles. The summed E-state index contributed by atoms with van der Waals surface area (Å²) in [4.78, 5) is 14.4. The monoisotopic (exact) mass is 282 g/mol. The molecule has 19 heavy (non-hydrogen) atoms. The Morgan fingerprint density at radius 2 is 2.00 bits per heavy atom. The molecule has 0 atom stereocenters. The maximum absolute atomic E-state index is 13.1. The third-order valence-electron chi connectivity index (χ3n) is 2.33. The smallest absolute Gasteiger partial charge is 0.250 e. The molecule has 3 aromatic rings. The van der Waals surface area contributed by atoms with E-state index < -0.39 is 11.6 Å². The second kappa shape index (κ2) is 4.43. The molecule has 0 aliphatic rings. The molecule has 0 aliphatic carbocycles. The van der Waals surface area contributed by atoms with Gasteiger partial charge >= 0.3 is 0 Å². The number of H-pyrrole nitrogens is 1. The number of nitrogens with one attached hydrogen (secondary N) is 1. The lowest BCUT2D eigenvalue weighted by Crippen LogP contribution is -1.94. The molecule has 5 nitrogen and oxygen atoms in total. The number of halogens is 3. The van der Waals surface area contributed by atoms with Gasteiger partial charge in [0.1, 0.15) is 11.3 Å². The molecular weight excluding hydrogens is 278 g/mol. The number of rotatable bonds is 2. The van der Waals surface area contributed by atoms with Crippen molar-refractivity contribution in [3.63, 3.8) is 0 Å². The average Bonchev–Trinajstić information content (AvgIpc) is 2.82. The summed E-state index contributed by atoms with van der Waals surface area (Å²) in [6, 6.07) is 3.14. The van der Waals surface area contributed by atoms with E-state index in [1.54, 1.807) is 0 Å². The summed E-state index contributed by atoms with van der Waals surface area (Å²) in [6.45, 7) is 0. The Bertz CT molecular complexity index is 762. The SMILES string of the molecule is Fc1ccc(Oc2nc(Cl)nc3nc[nH]c23)cc1F. The Kier molecular flexibility index (Phi) is 2.75. The molecule has 0 spiro atoms. The van der Waals surface area contributed by atoms with Crippen LogP contribution in [0, 0.1) is 11.6 Å². The first-order valence-corrected chi connectivity index (χ1v) is 5.51. The summed E-state index contributed by atoms with van der Waals surface area (Å²) in [5, 5.41) is -0.0582. The van der Waals surface area contributed by atoms with Crippen molar-refractivity contribution in [2.24, 2.45) is 0 Å². The van der Waals surface area contributed by atoms with E-state index in [9.17, 15) is 8.78 Å². The number of aromatic amines is 1. The number of hydrogen-bond acceptors (Lipinski definition) is 4. The summed E-state index contributed by atoms with van der Waals surface area (Å²) in [5.74, 6) is -1.80. The lowest BCUT2D eigenvalue weighted by Gasteiger charge is -2.05. The molecule has 2 aromatic heterocycles. The zero-order valence-corrected chi connectivity index (χ0v) is 9.95. The molecule has 8 heteroatoms. The van der Waals surface area contributed by atoms with E-state index in [0.29, 0.717) is 11.2 Å². The highest BCUT2D eigenvalue weighted by atomic mass is 35.5. The second-order valence-corrected chi connectivity index (χ2v) is 3.91. The second-order valence-electron chi connectivity index (χ2n) is 3.58. The van der Waals surface area contributed by atoms with Crippen LogP contribution in [-0.2, 0) is 0 Å². The zero-order valence-electron chi connectivity index (χ0n) is 9.19. The van der Waals surface area contributed by atoms with Gasteiger partial charge in [-0.25, -0.2) is 13.8 Å².